The number of carboxylic acid groups (broad SMARTS) is 1. The minimum absolute atomic E-state index is 0.173. The number of benzene rings is 2. The summed E-state index contributed by atoms with van der Waals surface area (Å²) in [5.41, 5.74) is 1.09. The van der Waals surface area contributed by atoms with Crippen LogP contribution in [0.2, 0.25) is 0 Å². The third-order valence-electron chi connectivity index (χ3n) is 2.55. The summed E-state index contributed by atoms with van der Waals surface area (Å²) in [6.07, 6.45) is 0.748. The fourth-order valence-electron chi connectivity index (χ4n) is 1.67. The third-order valence-corrected chi connectivity index (χ3v) is 3.68. The van der Waals surface area contributed by atoms with E-state index in [0.29, 0.717) is 6.42 Å². The van der Waals surface area contributed by atoms with E-state index in [0.717, 1.165) is 10.5 Å². The van der Waals surface area contributed by atoms with Gasteiger partial charge in [-0.2, -0.15) is 0 Å². The minimum Gasteiger partial charge on any atom is -0.481 e. The summed E-state index contributed by atoms with van der Waals surface area (Å²) in [7, 11) is 0. The molecule has 0 amide bonds. The van der Waals surface area contributed by atoms with E-state index >= 15 is 0 Å². The van der Waals surface area contributed by atoms with E-state index in [1.807, 2.05) is 42.5 Å². The maximum absolute atomic E-state index is 10.6. The number of rotatable bonds is 5. The van der Waals surface area contributed by atoms with Crippen LogP contribution in [0, 0.1) is 0 Å². The smallest absolute Gasteiger partial charge is 0.303 e. The second-order valence-corrected chi connectivity index (χ2v) is 5.03. The molecule has 0 aliphatic carbocycles. The van der Waals surface area contributed by atoms with Crippen molar-refractivity contribution in [2.24, 2.45) is 0 Å². The van der Waals surface area contributed by atoms with Crippen molar-refractivity contribution in [2.45, 2.75) is 22.6 Å². The SMILES string of the molecule is O=C(O)CCc1ccccc1Sc1ccccc1. The lowest BCUT2D eigenvalue weighted by Gasteiger charge is -2.07. The third kappa shape index (κ3) is 3.64. The van der Waals surface area contributed by atoms with Crippen molar-refractivity contribution in [1.29, 1.82) is 0 Å². The number of aryl methyl sites for hydroxylation is 1. The van der Waals surface area contributed by atoms with Crippen LogP contribution in [0.5, 0.6) is 0 Å². The molecule has 0 aliphatic rings. The Bertz CT molecular complexity index is 523. The summed E-state index contributed by atoms with van der Waals surface area (Å²) in [5, 5.41) is 8.75. The van der Waals surface area contributed by atoms with Gasteiger partial charge in [-0.1, -0.05) is 48.2 Å². The van der Waals surface area contributed by atoms with E-state index in [1.54, 1.807) is 11.8 Å². The highest BCUT2D eigenvalue weighted by atomic mass is 32.2. The molecule has 2 aromatic rings. The van der Waals surface area contributed by atoms with Crippen molar-refractivity contribution in [3.8, 4) is 0 Å². The van der Waals surface area contributed by atoms with E-state index in [-0.39, 0.29) is 6.42 Å². The quantitative estimate of drug-likeness (QED) is 0.885. The number of hydrogen-bond acceptors (Lipinski definition) is 2. The molecule has 0 spiro atoms. The summed E-state index contributed by atoms with van der Waals surface area (Å²) >= 11 is 1.67. The van der Waals surface area contributed by atoms with E-state index in [2.05, 4.69) is 12.1 Å². The summed E-state index contributed by atoms with van der Waals surface area (Å²) in [4.78, 5) is 12.9. The predicted octanol–water partition coefficient (Wildman–Crippen LogP) is 3.86. The molecule has 2 rings (SSSR count). The monoisotopic (exact) mass is 258 g/mol. The van der Waals surface area contributed by atoms with E-state index in [9.17, 15) is 4.79 Å². The molecule has 92 valence electrons. The molecule has 0 heterocycles. The Morgan fingerprint density at radius 1 is 1.00 bits per heavy atom. The van der Waals surface area contributed by atoms with Gasteiger partial charge in [-0.15, -0.1) is 0 Å². The van der Waals surface area contributed by atoms with Gasteiger partial charge in [-0.05, 0) is 30.2 Å². The number of hydrogen-bond donors (Lipinski definition) is 1. The van der Waals surface area contributed by atoms with Gasteiger partial charge in [0, 0.05) is 16.2 Å². The Balaban J connectivity index is 2.14. The first-order chi connectivity index (χ1) is 8.75. The highest BCUT2D eigenvalue weighted by molar-refractivity contribution is 7.99. The molecule has 0 unspecified atom stereocenters. The Morgan fingerprint density at radius 2 is 1.67 bits per heavy atom. The zero-order valence-corrected chi connectivity index (χ0v) is 10.7. The Kier molecular flexibility index (Phi) is 4.42. The maximum atomic E-state index is 10.6. The molecule has 0 saturated heterocycles. The largest absolute Gasteiger partial charge is 0.481 e. The van der Waals surface area contributed by atoms with Gasteiger partial charge >= 0.3 is 5.97 Å². The van der Waals surface area contributed by atoms with E-state index < -0.39 is 5.97 Å². The van der Waals surface area contributed by atoms with Crippen molar-refractivity contribution in [1.82, 2.24) is 0 Å². The normalized spacial score (nSPS) is 10.2. The van der Waals surface area contributed by atoms with E-state index in [1.165, 1.54) is 4.90 Å². The first kappa shape index (κ1) is 12.7. The fraction of sp³-hybridized carbons (Fsp3) is 0.133. The van der Waals surface area contributed by atoms with Crippen LogP contribution in [-0.2, 0) is 11.2 Å². The molecule has 0 saturated carbocycles. The van der Waals surface area contributed by atoms with Gasteiger partial charge in [-0.25, -0.2) is 0 Å². The molecule has 0 radical (unpaired) electrons. The van der Waals surface area contributed by atoms with Gasteiger partial charge in [0.15, 0.2) is 0 Å². The van der Waals surface area contributed by atoms with Crippen LogP contribution in [0.25, 0.3) is 0 Å². The molecular weight excluding hydrogens is 244 g/mol. The van der Waals surface area contributed by atoms with Crippen molar-refractivity contribution in [3.63, 3.8) is 0 Å². The number of carbonyl (C=O) groups is 1. The summed E-state index contributed by atoms with van der Waals surface area (Å²) in [6, 6.07) is 18.1. The zero-order chi connectivity index (χ0) is 12.8. The molecular formula is C15H14O2S. The number of carboxylic acids is 1. The van der Waals surface area contributed by atoms with Crippen molar-refractivity contribution in [3.05, 3.63) is 60.2 Å². The molecule has 0 bridgehead atoms. The summed E-state index contributed by atoms with van der Waals surface area (Å²) in [5.74, 6) is -0.755. The van der Waals surface area contributed by atoms with Crippen molar-refractivity contribution in [2.75, 3.05) is 0 Å². The molecule has 0 aliphatic heterocycles. The molecule has 0 atom stereocenters. The molecule has 2 aromatic carbocycles. The van der Waals surface area contributed by atoms with Gasteiger partial charge in [0.25, 0.3) is 0 Å². The van der Waals surface area contributed by atoms with Crippen molar-refractivity contribution < 1.29 is 9.90 Å². The number of aliphatic carboxylic acids is 1. The second kappa shape index (κ2) is 6.26. The molecule has 0 aromatic heterocycles. The van der Waals surface area contributed by atoms with Gasteiger partial charge in [-0.3, -0.25) is 4.79 Å². The lowest BCUT2D eigenvalue weighted by atomic mass is 10.1. The standard InChI is InChI=1S/C15H14O2S/c16-15(17)11-10-12-6-4-5-9-14(12)18-13-7-2-1-3-8-13/h1-9H,10-11H2,(H,16,17). The van der Waals surface area contributed by atoms with Crippen LogP contribution in [0.4, 0.5) is 0 Å². The van der Waals surface area contributed by atoms with Crippen LogP contribution >= 0.6 is 11.8 Å². The lowest BCUT2D eigenvalue weighted by Crippen LogP contribution is -1.98. The lowest BCUT2D eigenvalue weighted by molar-refractivity contribution is -0.136. The molecule has 1 N–H and O–H groups in total. The molecule has 3 heteroatoms. The van der Waals surface area contributed by atoms with Gasteiger partial charge in [0.05, 0.1) is 0 Å². The van der Waals surface area contributed by atoms with Crippen LogP contribution in [0.15, 0.2) is 64.4 Å². The van der Waals surface area contributed by atoms with Gasteiger partial charge in [0.1, 0.15) is 0 Å². The average Bonchev–Trinajstić information content (AvgIpc) is 2.39. The van der Waals surface area contributed by atoms with Crippen molar-refractivity contribution >= 4 is 17.7 Å². The summed E-state index contributed by atoms with van der Waals surface area (Å²) < 4.78 is 0. The van der Waals surface area contributed by atoms with Crippen LogP contribution < -0.4 is 0 Å². The Morgan fingerprint density at radius 3 is 2.39 bits per heavy atom. The zero-order valence-electron chi connectivity index (χ0n) is 9.87. The highest BCUT2D eigenvalue weighted by Gasteiger charge is 2.05. The van der Waals surface area contributed by atoms with Crippen LogP contribution in [-0.4, -0.2) is 11.1 Å². The predicted molar refractivity (Wildman–Crippen MR) is 73.0 cm³/mol. The second-order valence-electron chi connectivity index (χ2n) is 3.92. The average molecular weight is 258 g/mol. The molecule has 18 heavy (non-hydrogen) atoms. The Labute approximate surface area is 111 Å². The van der Waals surface area contributed by atoms with Crippen LogP contribution in [0.3, 0.4) is 0 Å². The minimum atomic E-state index is -0.755. The topological polar surface area (TPSA) is 37.3 Å². The molecule has 2 nitrogen and oxygen atoms in total. The maximum Gasteiger partial charge on any atom is 0.303 e. The first-order valence-corrected chi connectivity index (χ1v) is 6.60. The fourth-order valence-corrected chi connectivity index (χ4v) is 2.66. The Hall–Kier alpha value is -1.74. The van der Waals surface area contributed by atoms with Gasteiger partial charge in [0.2, 0.25) is 0 Å². The van der Waals surface area contributed by atoms with Crippen LogP contribution in [0.1, 0.15) is 12.0 Å². The van der Waals surface area contributed by atoms with Gasteiger partial charge < -0.3 is 5.11 Å². The summed E-state index contributed by atoms with van der Waals surface area (Å²) in [6.45, 7) is 0. The van der Waals surface area contributed by atoms with E-state index in [4.69, 9.17) is 5.11 Å². The molecule has 0 fully saturated rings. The first-order valence-electron chi connectivity index (χ1n) is 5.78. The highest BCUT2D eigenvalue weighted by Crippen LogP contribution is 2.30.